The molecule has 0 saturated carbocycles. The maximum Gasteiger partial charge on any atom is 0.330 e. The van der Waals surface area contributed by atoms with Crippen molar-refractivity contribution in [2.24, 2.45) is 5.73 Å². The van der Waals surface area contributed by atoms with E-state index in [1.165, 1.54) is 6.20 Å². The van der Waals surface area contributed by atoms with Gasteiger partial charge in [0, 0.05) is 12.4 Å². The summed E-state index contributed by atoms with van der Waals surface area (Å²) in [5.41, 5.74) is 7.18. The quantitative estimate of drug-likeness (QED) is 0.804. The second-order valence-electron chi connectivity index (χ2n) is 3.92. The number of hydrogen-bond donors (Lipinski definition) is 1. The van der Waals surface area contributed by atoms with E-state index in [2.05, 4.69) is 9.72 Å². The molecule has 0 spiro atoms. The molecule has 1 heterocycles. The summed E-state index contributed by atoms with van der Waals surface area (Å²) in [6.45, 7) is 0.164. The van der Waals surface area contributed by atoms with E-state index in [9.17, 15) is 17.6 Å². The van der Waals surface area contributed by atoms with Gasteiger partial charge in [0.05, 0.1) is 12.6 Å². The Morgan fingerprint density at radius 3 is 2.67 bits per heavy atom. The predicted molar refractivity (Wildman–Crippen MR) is 57.7 cm³/mol. The van der Waals surface area contributed by atoms with Gasteiger partial charge in [0.15, 0.2) is 0 Å². The van der Waals surface area contributed by atoms with E-state index in [0.717, 1.165) is 5.56 Å². The lowest BCUT2D eigenvalue weighted by atomic mass is 10.1. The van der Waals surface area contributed by atoms with Crippen molar-refractivity contribution in [1.82, 2.24) is 4.98 Å². The molecule has 0 amide bonds. The van der Waals surface area contributed by atoms with E-state index in [1.54, 1.807) is 19.2 Å². The van der Waals surface area contributed by atoms with Crippen molar-refractivity contribution in [3.8, 4) is 0 Å². The molecular formula is C11H14F4N2O. The van der Waals surface area contributed by atoms with E-state index >= 15 is 0 Å². The van der Waals surface area contributed by atoms with Crippen LogP contribution in [-0.2, 0) is 4.74 Å². The zero-order chi connectivity index (χ0) is 13.8. The van der Waals surface area contributed by atoms with Crippen LogP contribution < -0.4 is 5.73 Å². The lowest BCUT2D eigenvalue weighted by molar-refractivity contribution is -0.166. The maximum atomic E-state index is 12.6. The Morgan fingerprint density at radius 1 is 1.44 bits per heavy atom. The zero-order valence-corrected chi connectivity index (χ0v) is 9.75. The van der Waals surface area contributed by atoms with Crippen molar-refractivity contribution < 1.29 is 22.3 Å². The molecule has 0 fully saturated rings. The predicted octanol–water partition coefficient (Wildman–Crippen LogP) is 2.31. The fraction of sp³-hybridized carbons (Fsp3) is 0.545. The molecule has 3 nitrogen and oxygen atoms in total. The van der Waals surface area contributed by atoms with Gasteiger partial charge in [0.1, 0.15) is 6.61 Å². The van der Waals surface area contributed by atoms with Crippen LogP contribution in [0.5, 0.6) is 0 Å². The van der Waals surface area contributed by atoms with Crippen LogP contribution in [0.2, 0.25) is 0 Å². The molecule has 1 aromatic rings. The highest BCUT2D eigenvalue weighted by atomic mass is 19.3. The number of aryl methyl sites for hydroxylation is 1. The Hall–Kier alpha value is -1.21. The molecule has 0 saturated heterocycles. The molecule has 0 aliphatic rings. The standard InChI is InChI=1S/C11H14F4N2O/c1-7-2-3-17-4-8(7)9(16)5-18-6-11(14,15)10(12)13/h2-4,9-10H,5-6,16H2,1H3. The third-order valence-electron chi connectivity index (χ3n) is 2.39. The third-order valence-corrected chi connectivity index (χ3v) is 2.39. The minimum absolute atomic E-state index is 0.269. The van der Waals surface area contributed by atoms with E-state index in [-0.39, 0.29) is 6.61 Å². The molecule has 0 aromatic carbocycles. The SMILES string of the molecule is Cc1ccncc1C(N)COCC(F)(F)C(F)F. The number of aromatic nitrogens is 1. The zero-order valence-electron chi connectivity index (χ0n) is 9.75. The first-order chi connectivity index (χ1) is 8.34. The van der Waals surface area contributed by atoms with Gasteiger partial charge in [0.2, 0.25) is 0 Å². The number of rotatable bonds is 6. The van der Waals surface area contributed by atoms with Crippen LogP contribution in [0.25, 0.3) is 0 Å². The molecular weight excluding hydrogens is 252 g/mol. The van der Waals surface area contributed by atoms with Crippen LogP contribution >= 0.6 is 0 Å². The van der Waals surface area contributed by atoms with E-state index in [1.807, 2.05) is 0 Å². The second kappa shape index (κ2) is 6.10. The maximum absolute atomic E-state index is 12.6. The first-order valence-electron chi connectivity index (χ1n) is 5.24. The summed E-state index contributed by atoms with van der Waals surface area (Å²) in [6.07, 6.45) is -0.680. The number of nitrogens with two attached hydrogens (primary N) is 1. The fourth-order valence-electron chi connectivity index (χ4n) is 1.34. The van der Waals surface area contributed by atoms with Crippen molar-refractivity contribution in [2.45, 2.75) is 25.3 Å². The lowest BCUT2D eigenvalue weighted by Gasteiger charge is -2.18. The highest BCUT2D eigenvalue weighted by Crippen LogP contribution is 2.23. The average molecular weight is 266 g/mol. The van der Waals surface area contributed by atoms with Crippen molar-refractivity contribution >= 4 is 0 Å². The van der Waals surface area contributed by atoms with Gasteiger partial charge in [-0.3, -0.25) is 4.98 Å². The smallest absolute Gasteiger partial charge is 0.330 e. The summed E-state index contributed by atoms with van der Waals surface area (Å²) >= 11 is 0. The fourth-order valence-corrected chi connectivity index (χ4v) is 1.34. The van der Waals surface area contributed by atoms with Crippen LogP contribution in [-0.4, -0.2) is 30.5 Å². The van der Waals surface area contributed by atoms with Crippen LogP contribution in [0.3, 0.4) is 0 Å². The van der Waals surface area contributed by atoms with Crippen molar-refractivity contribution in [1.29, 1.82) is 0 Å². The lowest BCUT2D eigenvalue weighted by Crippen LogP contribution is -2.33. The Kier molecular flexibility index (Phi) is 5.03. The normalized spacial score (nSPS) is 13.9. The number of ether oxygens (including phenoxy) is 1. The van der Waals surface area contributed by atoms with E-state index < -0.39 is 25.0 Å². The molecule has 18 heavy (non-hydrogen) atoms. The van der Waals surface area contributed by atoms with Gasteiger partial charge < -0.3 is 10.5 Å². The Labute approximate surface area is 102 Å². The minimum atomic E-state index is -4.15. The molecule has 2 N–H and O–H groups in total. The van der Waals surface area contributed by atoms with Crippen LogP contribution in [0, 0.1) is 6.92 Å². The molecule has 1 unspecified atom stereocenters. The van der Waals surface area contributed by atoms with Crippen LogP contribution in [0.1, 0.15) is 17.2 Å². The van der Waals surface area contributed by atoms with Gasteiger partial charge in [0.25, 0.3) is 0 Å². The summed E-state index contributed by atoms with van der Waals surface area (Å²) in [4.78, 5) is 3.85. The number of pyridine rings is 1. The van der Waals surface area contributed by atoms with Gasteiger partial charge in [-0.15, -0.1) is 0 Å². The number of alkyl halides is 4. The molecule has 102 valence electrons. The minimum Gasteiger partial charge on any atom is -0.373 e. The number of nitrogens with zero attached hydrogens (tertiary/aromatic N) is 1. The Bertz CT molecular complexity index is 387. The highest BCUT2D eigenvalue weighted by Gasteiger charge is 2.41. The largest absolute Gasteiger partial charge is 0.373 e. The monoisotopic (exact) mass is 266 g/mol. The third kappa shape index (κ3) is 3.92. The topological polar surface area (TPSA) is 48.1 Å². The van der Waals surface area contributed by atoms with E-state index in [4.69, 9.17) is 5.73 Å². The molecule has 1 atom stereocenters. The van der Waals surface area contributed by atoms with Gasteiger partial charge in [-0.2, -0.15) is 8.78 Å². The second-order valence-corrected chi connectivity index (χ2v) is 3.92. The van der Waals surface area contributed by atoms with Gasteiger partial charge >= 0.3 is 12.3 Å². The summed E-state index contributed by atoms with van der Waals surface area (Å²) in [5.74, 6) is -4.15. The van der Waals surface area contributed by atoms with Crippen LogP contribution in [0.4, 0.5) is 17.6 Å². The molecule has 0 radical (unpaired) electrons. The Morgan fingerprint density at radius 2 is 2.11 bits per heavy atom. The van der Waals surface area contributed by atoms with Gasteiger partial charge in [-0.1, -0.05) is 0 Å². The van der Waals surface area contributed by atoms with Crippen molar-refractivity contribution in [3.63, 3.8) is 0 Å². The summed E-state index contributed by atoms with van der Waals surface area (Å²) in [7, 11) is 0. The van der Waals surface area contributed by atoms with E-state index in [0.29, 0.717) is 5.56 Å². The number of halogens is 4. The van der Waals surface area contributed by atoms with Crippen LogP contribution in [0.15, 0.2) is 18.5 Å². The molecule has 0 bridgehead atoms. The summed E-state index contributed by atoms with van der Waals surface area (Å²) in [5, 5.41) is 0. The molecule has 7 heteroatoms. The summed E-state index contributed by atoms with van der Waals surface area (Å²) < 4.78 is 53.4. The average Bonchev–Trinajstić information content (AvgIpc) is 2.29. The molecule has 1 aromatic heterocycles. The molecule has 1 rings (SSSR count). The summed E-state index contributed by atoms with van der Waals surface area (Å²) in [6, 6.07) is 1.04. The van der Waals surface area contributed by atoms with Gasteiger partial charge in [-0.25, -0.2) is 8.78 Å². The van der Waals surface area contributed by atoms with Gasteiger partial charge in [-0.05, 0) is 24.1 Å². The van der Waals surface area contributed by atoms with Crippen molar-refractivity contribution in [2.75, 3.05) is 13.2 Å². The molecule has 0 aliphatic carbocycles. The number of hydrogen-bond acceptors (Lipinski definition) is 3. The molecule has 0 aliphatic heterocycles. The first-order valence-corrected chi connectivity index (χ1v) is 5.24. The first kappa shape index (κ1) is 14.8. The highest BCUT2D eigenvalue weighted by molar-refractivity contribution is 5.24. The van der Waals surface area contributed by atoms with Crippen molar-refractivity contribution in [3.05, 3.63) is 29.6 Å². The Balaban J connectivity index is 2.48.